The van der Waals surface area contributed by atoms with Gasteiger partial charge < -0.3 is 19.5 Å². The largest absolute Gasteiger partial charge is 0.494 e. The van der Waals surface area contributed by atoms with Gasteiger partial charge in [-0.15, -0.1) is 0 Å². The fraction of sp³-hybridized carbons (Fsp3) is 0.174. The maximum Gasteiger partial charge on any atom is 0.276 e. The van der Waals surface area contributed by atoms with Gasteiger partial charge in [0.2, 0.25) is 0 Å². The Bertz CT molecular complexity index is 1220. The lowest BCUT2D eigenvalue weighted by Crippen LogP contribution is -2.12. The molecule has 0 unspecified atom stereocenters. The lowest BCUT2D eigenvalue weighted by Gasteiger charge is -2.09. The minimum Gasteiger partial charge on any atom is -0.494 e. The Balaban J connectivity index is 1.56. The molecule has 31 heavy (non-hydrogen) atoms. The van der Waals surface area contributed by atoms with Crippen molar-refractivity contribution in [3.8, 4) is 28.4 Å². The van der Waals surface area contributed by atoms with E-state index in [-0.39, 0.29) is 11.6 Å². The van der Waals surface area contributed by atoms with Crippen LogP contribution in [0.2, 0.25) is 0 Å². The Labute approximate surface area is 179 Å². The molecule has 0 radical (unpaired) electrons. The Hall–Kier alpha value is -4.07. The molecular weight excluding hydrogens is 396 g/mol. The van der Waals surface area contributed by atoms with E-state index >= 15 is 0 Å². The average Bonchev–Trinajstić information content (AvgIpc) is 3.23. The molecule has 8 heteroatoms. The van der Waals surface area contributed by atoms with Crippen LogP contribution in [0.3, 0.4) is 0 Å². The first-order valence-corrected chi connectivity index (χ1v) is 9.73. The third kappa shape index (κ3) is 4.28. The molecule has 0 atom stereocenters. The van der Waals surface area contributed by atoms with E-state index in [4.69, 9.17) is 14.2 Å². The number of carbonyl (C=O) groups is 1. The highest BCUT2D eigenvalue weighted by atomic mass is 16.5. The van der Waals surface area contributed by atoms with Crippen LogP contribution in [0.25, 0.3) is 16.8 Å². The van der Waals surface area contributed by atoms with E-state index in [1.165, 1.54) is 0 Å². The van der Waals surface area contributed by atoms with Crippen LogP contribution >= 0.6 is 0 Å². The monoisotopic (exact) mass is 418 g/mol. The quantitative estimate of drug-likeness (QED) is 0.487. The summed E-state index contributed by atoms with van der Waals surface area (Å²) in [6, 6.07) is 14.4. The van der Waals surface area contributed by atoms with Gasteiger partial charge in [0.1, 0.15) is 5.75 Å². The van der Waals surface area contributed by atoms with Crippen molar-refractivity contribution in [1.29, 1.82) is 0 Å². The number of hydrogen-bond donors (Lipinski definition) is 1. The SMILES string of the molecule is CCOc1ccc(NC(=O)c2cc3ncc(-c4ccc(OC)c(OC)c4)cn3n2)cc1. The first-order valence-electron chi connectivity index (χ1n) is 9.73. The van der Waals surface area contributed by atoms with Gasteiger partial charge in [0.05, 0.1) is 20.8 Å². The lowest BCUT2D eigenvalue weighted by molar-refractivity contribution is 0.102. The molecule has 2 aromatic heterocycles. The summed E-state index contributed by atoms with van der Waals surface area (Å²) >= 11 is 0. The fourth-order valence-electron chi connectivity index (χ4n) is 3.15. The van der Waals surface area contributed by atoms with Gasteiger partial charge in [0.25, 0.3) is 5.91 Å². The topological polar surface area (TPSA) is 87.0 Å². The Morgan fingerprint density at radius 3 is 2.48 bits per heavy atom. The maximum absolute atomic E-state index is 12.6. The Morgan fingerprint density at radius 1 is 1.00 bits per heavy atom. The second-order valence-electron chi connectivity index (χ2n) is 6.66. The number of amides is 1. The summed E-state index contributed by atoms with van der Waals surface area (Å²) in [5.74, 6) is 1.70. The minimum absolute atomic E-state index is 0.269. The van der Waals surface area contributed by atoms with E-state index in [9.17, 15) is 4.79 Å². The van der Waals surface area contributed by atoms with E-state index in [0.29, 0.717) is 29.4 Å². The minimum atomic E-state index is -0.317. The van der Waals surface area contributed by atoms with Gasteiger partial charge in [-0.1, -0.05) is 6.07 Å². The number of aromatic nitrogens is 3. The summed E-state index contributed by atoms with van der Waals surface area (Å²) in [6.45, 7) is 2.51. The molecule has 0 aliphatic rings. The molecule has 0 fully saturated rings. The summed E-state index contributed by atoms with van der Waals surface area (Å²) in [5.41, 5.74) is 3.22. The molecule has 158 valence electrons. The number of anilines is 1. The zero-order chi connectivity index (χ0) is 21.8. The van der Waals surface area contributed by atoms with Crippen LogP contribution in [0.15, 0.2) is 60.9 Å². The molecule has 0 aliphatic carbocycles. The molecule has 0 aliphatic heterocycles. The smallest absolute Gasteiger partial charge is 0.276 e. The van der Waals surface area contributed by atoms with E-state index in [2.05, 4.69) is 15.4 Å². The van der Waals surface area contributed by atoms with Crippen LogP contribution in [-0.2, 0) is 0 Å². The van der Waals surface area contributed by atoms with Crippen molar-refractivity contribution in [3.05, 3.63) is 66.6 Å². The van der Waals surface area contributed by atoms with E-state index in [1.807, 2.05) is 31.3 Å². The number of carbonyl (C=O) groups excluding carboxylic acids is 1. The molecule has 8 nitrogen and oxygen atoms in total. The highest BCUT2D eigenvalue weighted by molar-refractivity contribution is 6.03. The van der Waals surface area contributed by atoms with Crippen molar-refractivity contribution in [2.45, 2.75) is 6.92 Å². The molecule has 0 spiro atoms. The normalized spacial score (nSPS) is 10.7. The fourth-order valence-corrected chi connectivity index (χ4v) is 3.15. The van der Waals surface area contributed by atoms with Crippen molar-refractivity contribution >= 4 is 17.2 Å². The van der Waals surface area contributed by atoms with Crippen molar-refractivity contribution < 1.29 is 19.0 Å². The van der Waals surface area contributed by atoms with Gasteiger partial charge in [-0.2, -0.15) is 5.10 Å². The Kier molecular flexibility index (Phi) is 5.70. The van der Waals surface area contributed by atoms with Crippen LogP contribution in [0.5, 0.6) is 17.2 Å². The molecule has 0 saturated heterocycles. The van der Waals surface area contributed by atoms with Crippen LogP contribution in [-0.4, -0.2) is 41.3 Å². The molecule has 4 rings (SSSR count). The van der Waals surface area contributed by atoms with Crippen molar-refractivity contribution in [2.75, 3.05) is 26.1 Å². The number of nitrogens with zero attached hydrogens (tertiary/aromatic N) is 3. The Morgan fingerprint density at radius 2 is 1.77 bits per heavy atom. The predicted molar refractivity (Wildman–Crippen MR) is 117 cm³/mol. The van der Waals surface area contributed by atoms with E-state index < -0.39 is 0 Å². The van der Waals surface area contributed by atoms with Gasteiger partial charge in [0, 0.05) is 29.7 Å². The number of nitrogens with one attached hydrogen (secondary N) is 1. The molecule has 4 aromatic rings. The third-order valence-corrected chi connectivity index (χ3v) is 4.69. The zero-order valence-corrected chi connectivity index (χ0v) is 17.5. The summed E-state index contributed by atoms with van der Waals surface area (Å²) in [5, 5.41) is 7.21. The number of methoxy groups -OCH3 is 2. The number of rotatable bonds is 7. The van der Waals surface area contributed by atoms with Crippen molar-refractivity contribution in [1.82, 2.24) is 14.6 Å². The van der Waals surface area contributed by atoms with Crippen LogP contribution in [0, 0.1) is 0 Å². The van der Waals surface area contributed by atoms with Crippen molar-refractivity contribution in [3.63, 3.8) is 0 Å². The maximum atomic E-state index is 12.6. The van der Waals surface area contributed by atoms with Crippen molar-refractivity contribution in [2.24, 2.45) is 0 Å². The highest BCUT2D eigenvalue weighted by Crippen LogP contribution is 2.32. The predicted octanol–water partition coefficient (Wildman–Crippen LogP) is 4.06. The second kappa shape index (κ2) is 8.74. The summed E-state index contributed by atoms with van der Waals surface area (Å²) in [6.07, 6.45) is 3.55. The van der Waals surface area contributed by atoms with Gasteiger partial charge >= 0.3 is 0 Å². The summed E-state index contributed by atoms with van der Waals surface area (Å²) < 4.78 is 17.7. The van der Waals surface area contributed by atoms with Crippen LogP contribution in [0.1, 0.15) is 17.4 Å². The molecule has 1 amide bonds. The molecule has 0 saturated carbocycles. The van der Waals surface area contributed by atoms with Gasteiger partial charge in [-0.25, -0.2) is 9.50 Å². The summed E-state index contributed by atoms with van der Waals surface area (Å²) in [4.78, 5) is 17.1. The first kappa shape index (κ1) is 20.2. The number of fused-ring (bicyclic) bond motifs is 1. The van der Waals surface area contributed by atoms with E-state index in [1.54, 1.807) is 55.3 Å². The van der Waals surface area contributed by atoms with Gasteiger partial charge in [0.15, 0.2) is 22.8 Å². The van der Waals surface area contributed by atoms with Crippen LogP contribution < -0.4 is 19.5 Å². The summed E-state index contributed by atoms with van der Waals surface area (Å²) in [7, 11) is 3.18. The molecular formula is C23H22N4O4. The van der Waals surface area contributed by atoms with Crippen LogP contribution in [0.4, 0.5) is 5.69 Å². The van der Waals surface area contributed by atoms with Gasteiger partial charge in [-0.3, -0.25) is 4.79 Å². The zero-order valence-electron chi connectivity index (χ0n) is 17.5. The number of ether oxygens (including phenoxy) is 3. The standard InChI is InChI=1S/C23H22N4O4/c1-4-31-18-8-6-17(7-9-18)25-23(28)19-12-22-24-13-16(14-27(22)26-19)15-5-10-20(29-2)21(11-15)30-3/h5-14H,4H2,1-3H3,(H,25,28). The number of benzene rings is 2. The average molecular weight is 418 g/mol. The molecule has 0 bridgehead atoms. The second-order valence-corrected chi connectivity index (χ2v) is 6.66. The third-order valence-electron chi connectivity index (χ3n) is 4.69. The molecule has 1 N–H and O–H groups in total. The first-order chi connectivity index (χ1) is 15.1. The van der Waals surface area contributed by atoms with E-state index in [0.717, 1.165) is 16.9 Å². The molecule has 2 heterocycles. The van der Waals surface area contributed by atoms with Gasteiger partial charge in [-0.05, 0) is 48.9 Å². The lowest BCUT2D eigenvalue weighted by atomic mass is 10.1. The number of hydrogen-bond acceptors (Lipinski definition) is 6. The molecule has 2 aromatic carbocycles. The highest BCUT2D eigenvalue weighted by Gasteiger charge is 2.13.